The monoisotopic (exact) mass is 287 g/mol. The summed E-state index contributed by atoms with van der Waals surface area (Å²) in [6.45, 7) is 0. The van der Waals surface area contributed by atoms with E-state index in [9.17, 15) is 13.2 Å². The lowest BCUT2D eigenvalue weighted by Gasteiger charge is -2.10. The molecule has 0 heterocycles. The lowest BCUT2D eigenvalue weighted by molar-refractivity contribution is -0.137. The predicted octanol–water partition coefficient (Wildman–Crippen LogP) is 2.89. The van der Waals surface area contributed by atoms with Crippen molar-refractivity contribution in [1.29, 1.82) is 0 Å². The van der Waals surface area contributed by atoms with Crippen LogP contribution in [0.4, 0.5) is 18.9 Å². The SMILES string of the molecule is Nc1cccc(I)c1C(F)(F)F. The molecule has 5 heteroatoms. The van der Waals surface area contributed by atoms with E-state index in [1.807, 2.05) is 0 Å². The second kappa shape index (κ2) is 3.12. The van der Waals surface area contributed by atoms with Gasteiger partial charge >= 0.3 is 6.18 Å². The van der Waals surface area contributed by atoms with Gasteiger partial charge in [0, 0.05) is 9.26 Å². The Morgan fingerprint density at radius 2 is 1.83 bits per heavy atom. The molecule has 0 saturated carbocycles. The van der Waals surface area contributed by atoms with E-state index in [1.54, 1.807) is 22.6 Å². The summed E-state index contributed by atoms with van der Waals surface area (Å²) in [6, 6.07) is 4.11. The second-order valence-electron chi connectivity index (χ2n) is 2.20. The highest BCUT2D eigenvalue weighted by molar-refractivity contribution is 14.1. The molecule has 1 nitrogen and oxygen atoms in total. The number of nitrogen functional groups attached to an aromatic ring is 1. The van der Waals surface area contributed by atoms with E-state index >= 15 is 0 Å². The van der Waals surface area contributed by atoms with E-state index in [4.69, 9.17) is 5.73 Å². The summed E-state index contributed by atoms with van der Waals surface area (Å²) in [5.41, 5.74) is 4.21. The molecule has 1 aromatic carbocycles. The van der Waals surface area contributed by atoms with Crippen LogP contribution < -0.4 is 5.73 Å². The first-order chi connectivity index (χ1) is 5.43. The first-order valence-corrected chi connectivity index (χ1v) is 4.12. The zero-order chi connectivity index (χ0) is 9.35. The van der Waals surface area contributed by atoms with Crippen molar-refractivity contribution in [3.8, 4) is 0 Å². The average molecular weight is 287 g/mol. The maximum Gasteiger partial charge on any atom is 0.419 e. The van der Waals surface area contributed by atoms with Crippen LogP contribution in [0.2, 0.25) is 0 Å². The number of hydrogen-bond donors (Lipinski definition) is 1. The van der Waals surface area contributed by atoms with Crippen molar-refractivity contribution in [2.45, 2.75) is 6.18 Å². The Balaban J connectivity index is 3.31. The zero-order valence-electron chi connectivity index (χ0n) is 5.82. The highest BCUT2D eigenvalue weighted by Crippen LogP contribution is 2.36. The van der Waals surface area contributed by atoms with Crippen LogP contribution in [0.3, 0.4) is 0 Å². The van der Waals surface area contributed by atoms with Crippen molar-refractivity contribution in [3.63, 3.8) is 0 Å². The number of rotatable bonds is 0. The topological polar surface area (TPSA) is 26.0 Å². The molecule has 0 spiro atoms. The third-order valence-corrected chi connectivity index (χ3v) is 2.23. The summed E-state index contributed by atoms with van der Waals surface area (Å²) in [4.78, 5) is 0. The third-order valence-electron chi connectivity index (χ3n) is 1.33. The summed E-state index contributed by atoms with van der Waals surface area (Å²) < 4.78 is 36.8. The smallest absolute Gasteiger partial charge is 0.398 e. The fourth-order valence-electron chi connectivity index (χ4n) is 0.840. The van der Waals surface area contributed by atoms with Gasteiger partial charge in [-0.15, -0.1) is 0 Å². The van der Waals surface area contributed by atoms with Gasteiger partial charge in [-0.25, -0.2) is 0 Å². The van der Waals surface area contributed by atoms with Crippen LogP contribution in [0.5, 0.6) is 0 Å². The fourth-order valence-corrected chi connectivity index (χ4v) is 1.66. The number of anilines is 1. The lowest BCUT2D eigenvalue weighted by Crippen LogP contribution is -2.10. The molecule has 0 atom stereocenters. The minimum absolute atomic E-state index is 0.125. The molecule has 0 radical (unpaired) electrons. The molecule has 0 unspecified atom stereocenters. The molecule has 12 heavy (non-hydrogen) atoms. The van der Waals surface area contributed by atoms with Crippen LogP contribution in [0.1, 0.15) is 5.56 Å². The Hall–Kier alpha value is -0.460. The molecule has 0 amide bonds. The number of nitrogens with two attached hydrogens (primary N) is 1. The van der Waals surface area contributed by atoms with Crippen LogP contribution >= 0.6 is 22.6 Å². The Kier molecular flexibility index (Phi) is 2.50. The molecule has 0 saturated heterocycles. The quantitative estimate of drug-likeness (QED) is 0.576. The minimum Gasteiger partial charge on any atom is -0.398 e. The Bertz CT molecular complexity index is 275. The maximum absolute atomic E-state index is 12.2. The summed E-state index contributed by atoms with van der Waals surface area (Å²) in [5.74, 6) is 0. The number of halogens is 4. The molecule has 66 valence electrons. The van der Waals surface area contributed by atoms with Gasteiger partial charge in [-0.2, -0.15) is 13.2 Å². The van der Waals surface area contributed by atoms with E-state index in [-0.39, 0.29) is 9.26 Å². The number of benzene rings is 1. The highest BCUT2D eigenvalue weighted by Gasteiger charge is 2.34. The Morgan fingerprint density at radius 3 is 2.17 bits per heavy atom. The van der Waals surface area contributed by atoms with Crippen LogP contribution in [0.25, 0.3) is 0 Å². The molecule has 2 N–H and O–H groups in total. The third kappa shape index (κ3) is 1.82. The molecule has 0 aliphatic heterocycles. The van der Waals surface area contributed by atoms with E-state index in [0.717, 1.165) is 0 Å². The van der Waals surface area contributed by atoms with E-state index in [2.05, 4.69) is 0 Å². The van der Waals surface area contributed by atoms with Gasteiger partial charge in [-0.1, -0.05) is 6.07 Å². The molecular weight excluding hydrogens is 282 g/mol. The van der Waals surface area contributed by atoms with Crippen molar-refractivity contribution in [2.75, 3.05) is 5.73 Å². The van der Waals surface area contributed by atoms with Crippen LogP contribution in [-0.4, -0.2) is 0 Å². The van der Waals surface area contributed by atoms with Gasteiger partial charge in [-0.3, -0.25) is 0 Å². The molecule has 0 fully saturated rings. The molecule has 1 rings (SSSR count). The maximum atomic E-state index is 12.2. The fraction of sp³-hybridized carbons (Fsp3) is 0.143. The Labute approximate surface area is 80.9 Å². The highest BCUT2D eigenvalue weighted by atomic mass is 127. The summed E-state index contributed by atoms with van der Waals surface area (Å²) in [6.07, 6.45) is -4.36. The van der Waals surface area contributed by atoms with Gasteiger partial charge in [0.15, 0.2) is 0 Å². The predicted molar refractivity (Wildman–Crippen MR) is 48.6 cm³/mol. The van der Waals surface area contributed by atoms with Crippen molar-refractivity contribution >= 4 is 28.3 Å². The largest absolute Gasteiger partial charge is 0.419 e. The van der Waals surface area contributed by atoms with Crippen molar-refractivity contribution in [2.24, 2.45) is 0 Å². The van der Waals surface area contributed by atoms with Gasteiger partial charge in [0.05, 0.1) is 5.56 Å². The van der Waals surface area contributed by atoms with Crippen LogP contribution in [0, 0.1) is 3.57 Å². The van der Waals surface area contributed by atoms with Crippen molar-refractivity contribution in [1.82, 2.24) is 0 Å². The first-order valence-electron chi connectivity index (χ1n) is 3.04. The van der Waals surface area contributed by atoms with Gasteiger partial charge in [0.25, 0.3) is 0 Å². The average Bonchev–Trinajstić information content (AvgIpc) is 1.82. The number of hydrogen-bond acceptors (Lipinski definition) is 1. The van der Waals surface area contributed by atoms with Crippen LogP contribution in [0.15, 0.2) is 18.2 Å². The van der Waals surface area contributed by atoms with Gasteiger partial charge in [0.1, 0.15) is 0 Å². The number of alkyl halides is 3. The molecule has 0 aliphatic carbocycles. The Morgan fingerprint density at radius 1 is 1.25 bits per heavy atom. The molecule has 0 aromatic heterocycles. The standard InChI is InChI=1S/C7H5F3IN/c8-7(9,10)6-4(11)2-1-3-5(6)12/h1-3H,12H2. The summed E-state index contributed by atoms with van der Waals surface area (Å²) >= 11 is 1.61. The van der Waals surface area contributed by atoms with E-state index < -0.39 is 11.7 Å². The van der Waals surface area contributed by atoms with Gasteiger partial charge < -0.3 is 5.73 Å². The van der Waals surface area contributed by atoms with E-state index in [1.165, 1.54) is 18.2 Å². The molecule has 0 aliphatic rings. The second-order valence-corrected chi connectivity index (χ2v) is 3.36. The van der Waals surface area contributed by atoms with Crippen LogP contribution in [-0.2, 0) is 6.18 Å². The summed E-state index contributed by atoms with van der Waals surface area (Å²) in [5, 5.41) is 0. The molecule has 1 aromatic rings. The zero-order valence-corrected chi connectivity index (χ0v) is 7.98. The minimum atomic E-state index is -4.36. The normalized spacial score (nSPS) is 11.7. The molecular formula is C7H5F3IN. The van der Waals surface area contributed by atoms with Crippen molar-refractivity contribution in [3.05, 3.63) is 27.3 Å². The van der Waals surface area contributed by atoms with Gasteiger partial charge in [-0.05, 0) is 34.7 Å². The summed E-state index contributed by atoms with van der Waals surface area (Å²) in [7, 11) is 0. The molecule has 0 bridgehead atoms. The lowest BCUT2D eigenvalue weighted by atomic mass is 10.2. The van der Waals surface area contributed by atoms with E-state index in [0.29, 0.717) is 0 Å². The first kappa shape index (κ1) is 9.63. The van der Waals surface area contributed by atoms with Gasteiger partial charge in [0.2, 0.25) is 0 Å². The van der Waals surface area contributed by atoms with Crippen molar-refractivity contribution < 1.29 is 13.2 Å².